The van der Waals surface area contributed by atoms with E-state index in [9.17, 15) is 9.59 Å². The van der Waals surface area contributed by atoms with Crippen LogP contribution in [0.3, 0.4) is 0 Å². The van der Waals surface area contributed by atoms with Crippen molar-refractivity contribution in [3.8, 4) is 10.8 Å². The number of furan rings is 1. The lowest BCUT2D eigenvalue weighted by Gasteiger charge is -2.32. The highest BCUT2D eigenvalue weighted by Crippen LogP contribution is 2.27. The second-order valence-corrected chi connectivity index (χ2v) is 7.81. The second-order valence-electron chi connectivity index (χ2n) is 6.84. The Bertz CT molecular complexity index is 966. The molecular weight excluding hydrogens is 376 g/mol. The normalized spacial score (nSPS) is 16.8. The van der Waals surface area contributed by atoms with Crippen molar-refractivity contribution in [3.05, 3.63) is 53.8 Å². The maximum atomic E-state index is 12.7. The van der Waals surface area contributed by atoms with Gasteiger partial charge >= 0.3 is 0 Å². The Morgan fingerprint density at radius 1 is 1.21 bits per heavy atom. The summed E-state index contributed by atoms with van der Waals surface area (Å²) in [5, 5.41) is 11.9. The molecular formula is C20H20N4O3S. The standard InChI is InChI=1S/C20H20N4O3S/c1-13-6-8-14(9-7-13)19(26)24-10-2-4-15(12-24)17(25)21-20-23-22-18(28-20)16-5-3-11-27-16/h3,5-9,11,15H,2,4,10,12H2,1H3,(H,21,23,25)/t15-/m1/s1. The predicted octanol–water partition coefficient (Wildman–Crippen LogP) is 3.60. The first-order valence-corrected chi connectivity index (χ1v) is 9.96. The van der Waals surface area contributed by atoms with Gasteiger partial charge in [0.05, 0.1) is 12.2 Å². The Morgan fingerprint density at radius 3 is 2.79 bits per heavy atom. The van der Waals surface area contributed by atoms with Gasteiger partial charge in [0, 0.05) is 18.7 Å². The van der Waals surface area contributed by atoms with Crippen LogP contribution in [-0.2, 0) is 4.79 Å². The van der Waals surface area contributed by atoms with Gasteiger partial charge in [-0.3, -0.25) is 9.59 Å². The molecule has 8 heteroatoms. The molecule has 7 nitrogen and oxygen atoms in total. The van der Waals surface area contributed by atoms with Gasteiger partial charge in [-0.1, -0.05) is 29.0 Å². The van der Waals surface area contributed by atoms with Crippen molar-refractivity contribution in [2.24, 2.45) is 5.92 Å². The first-order chi connectivity index (χ1) is 13.6. The van der Waals surface area contributed by atoms with E-state index in [-0.39, 0.29) is 17.7 Å². The summed E-state index contributed by atoms with van der Waals surface area (Å²) in [4.78, 5) is 27.2. The average molecular weight is 396 g/mol. The molecule has 3 aromatic rings. The van der Waals surface area contributed by atoms with Gasteiger partial charge in [-0.15, -0.1) is 10.2 Å². The highest BCUT2D eigenvalue weighted by molar-refractivity contribution is 7.18. The van der Waals surface area contributed by atoms with Gasteiger partial charge in [-0.25, -0.2) is 0 Å². The number of nitrogens with one attached hydrogen (secondary N) is 1. The Kier molecular flexibility index (Phi) is 5.21. The third-order valence-electron chi connectivity index (χ3n) is 4.77. The number of piperidine rings is 1. The zero-order chi connectivity index (χ0) is 19.5. The molecule has 1 saturated heterocycles. The number of aromatic nitrogens is 2. The number of nitrogens with zero attached hydrogens (tertiary/aromatic N) is 3. The summed E-state index contributed by atoms with van der Waals surface area (Å²) in [6.07, 6.45) is 3.10. The lowest BCUT2D eigenvalue weighted by molar-refractivity contribution is -0.121. The van der Waals surface area contributed by atoms with Gasteiger partial charge in [0.2, 0.25) is 11.0 Å². The summed E-state index contributed by atoms with van der Waals surface area (Å²) < 4.78 is 5.30. The molecule has 0 radical (unpaired) electrons. The van der Waals surface area contributed by atoms with Crippen LogP contribution >= 0.6 is 11.3 Å². The fourth-order valence-corrected chi connectivity index (χ4v) is 3.95. The third-order valence-corrected chi connectivity index (χ3v) is 5.62. The van der Waals surface area contributed by atoms with E-state index < -0.39 is 0 Å². The topological polar surface area (TPSA) is 88.3 Å². The second kappa shape index (κ2) is 7.93. The highest BCUT2D eigenvalue weighted by atomic mass is 32.1. The van der Waals surface area contributed by atoms with E-state index in [1.807, 2.05) is 31.2 Å². The molecule has 0 aliphatic carbocycles. The van der Waals surface area contributed by atoms with E-state index >= 15 is 0 Å². The quantitative estimate of drug-likeness (QED) is 0.728. The minimum Gasteiger partial charge on any atom is -0.462 e. The number of carbonyl (C=O) groups excluding carboxylic acids is 2. The third kappa shape index (κ3) is 3.96. The van der Waals surface area contributed by atoms with Gasteiger partial charge < -0.3 is 14.6 Å². The smallest absolute Gasteiger partial charge is 0.253 e. The van der Waals surface area contributed by atoms with Crippen molar-refractivity contribution in [1.29, 1.82) is 0 Å². The predicted molar refractivity (Wildman–Crippen MR) is 106 cm³/mol. The van der Waals surface area contributed by atoms with E-state index in [4.69, 9.17) is 4.42 Å². The van der Waals surface area contributed by atoms with Crippen LogP contribution < -0.4 is 5.32 Å². The number of anilines is 1. The summed E-state index contributed by atoms with van der Waals surface area (Å²) in [7, 11) is 0. The number of amides is 2. The summed E-state index contributed by atoms with van der Waals surface area (Å²) in [5.41, 5.74) is 1.76. The van der Waals surface area contributed by atoms with Crippen molar-refractivity contribution in [2.75, 3.05) is 18.4 Å². The molecule has 4 rings (SSSR count). The van der Waals surface area contributed by atoms with Gasteiger partial charge in [-0.2, -0.15) is 0 Å². The molecule has 1 fully saturated rings. The molecule has 1 atom stereocenters. The Hall–Kier alpha value is -3.00. The van der Waals surface area contributed by atoms with Crippen LogP contribution in [0.1, 0.15) is 28.8 Å². The first kappa shape index (κ1) is 18.4. The van der Waals surface area contributed by atoms with Crippen LogP contribution in [0, 0.1) is 12.8 Å². The van der Waals surface area contributed by atoms with E-state index in [0.29, 0.717) is 34.6 Å². The maximum absolute atomic E-state index is 12.7. The largest absolute Gasteiger partial charge is 0.462 e. The van der Waals surface area contributed by atoms with E-state index in [0.717, 1.165) is 18.4 Å². The molecule has 1 aliphatic heterocycles. The summed E-state index contributed by atoms with van der Waals surface area (Å²) >= 11 is 1.26. The first-order valence-electron chi connectivity index (χ1n) is 9.14. The average Bonchev–Trinajstić information content (AvgIpc) is 3.40. The van der Waals surface area contributed by atoms with Gasteiger partial charge in [0.15, 0.2) is 10.8 Å². The minimum atomic E-state index is -0.265. The fraction of sp³-hybridized carbons (Fsp3) is 0.300. The highest BCUT2D eigenvalue weighted by Gasteiger charge is 2.29. The van der Waals surface area contributed by atoms with Crippen LogP contribution in [0.15, 0.2) is 47.1 Å². The van der Waals surface area contributed by atoms with Crippen molar-refractivity contribution in [3.63, 3.8) is 0 Å². The number of benzene rings is 1. The number of rotatable bonds is 4. The summed E-state index contributed by atoms with van der Waals surface area (Å²) in [6, 6.07) is 11.1. The zero-order valence-corrected chi connectivity index (χ0v) is 16.2. The summed E-state index contributed by atoms with van der Waals surface area (Å²) in [5.74, 6) is 0.182. The molecule has 1 aromatic carbocycles. The van der Waals surface area contributed by atoms with E-state index in [1.165, 1.54) is 11.3 Å². The van der Waals surface area contributed by atoms with Crippen LogP contribution in [0.25, 0.3) is 10.8 Å². The maximum Gasteiger partial charge on any atom is 0.253 e. The number of carbonyl (C=O) groups is 2. The molecule has 0 unspecified atom stereocenters. The number of likely N-dealkylation sites (tertiary alicyclic amines) is 1. The molecule has 0 bridgehead atoms. The van der Waals surface area contributed by atoms with Crippen molar-refractivity contribution < 1.29 is 14.0 Å². The molecule has 1 aliphatic rings. The molecule has 144 valence electrons. The number of hydrogen-bond acceptors (Lipinski definition) is 6. The molecule has 2 aromatic heterocycles. The lowest BCUT2D eigenvalue weighted by atomic mass is 9.96. The van der Waals surface area contributed by atoms with Gasteiger partial charge in [0.25, 0.3) is 5.91 Å². The van der Waals surface area contributed by atoms with Gasteiger partial charge in [0.1, 0.15) is 0 Å². The number of aryl methyl sites for hydroxylation is 1. The van der Waals surface area contributed by atoms with Crippen LogP contribution in [0.2, 0.25) is 0 Å². The van der Waals surface area contributed by atoms with Crippen molar-refractivity contribution in [1.82, 2.24) is 15.1 Å². The van der Waals surface area contributed by atoms with Crippen LogP contribution in [0.5, 0.6) is 0 Å². The molecule has 0 saturated carbocycles. The van der Waals surface area contributed by atoms with Crippen molar-refractivity contribution >= 4 is 28.3 Å². The minimum absolute atomic E-state index is 0.0338. The molecule has 28 heavy (non-hydrogen) atoms. The molecule has 1 N–H and O–H groups in total. The number of hydrogen-bond donors (Lipinski definition) is 1. The van der Waals surface area contributed by atoms with Crippen LogP contribution in [0.4, 0.5) is 5.13 Å². The van der Waals surface area contributed by atoms with Gasteiger partial charge in [-0.05, 0) is 44.0 Å². The van der Waals surface area contributed by atoms with E-state index in [2.05, 4.69) is 15.5 Å². The monoisotopic (exact) mass is 396 g/mol. The van der Waals surface area contributed by atoms with E-state index in [1.54, 1.807) is 23.3 Å². The van der Waals surface area contributed by atoms with Crippen LogP contribution in [-0.4, -0.2) is 40.0 Å². The molecule has 3 heterocycles. The lowest BCUT2D eigenvalue weighted by Crippen LogP contribution is -2.43. The Labute approximate surface area is 166 Å². The fourth-order valence-electron chi connectivity index (χ4n) is 3.24. The molecule has 2 amide bonds. The molecule has 0 spiro atoms. The Morgan fingerprint density at radius 2 is 2.04 bits per heavy atom. The van der Waals surface area contributed by atoms with Crippen molar-refractivity contribution in [2.45, 2.75) is 19.8 Å². The SMILES string of the molecule is Cc1ccc(C(=O)N2CCC[C@@H](C(=O)Nc3nnc(-c4ccco4)s3)C2)cc1. The Balaban J connectivity index is 1.39. The zero-order valence-electron chi connectivity index (χ0n) is 15.4. The summed E-state index contributed by atoms with van der Waals surface area (Å²) in [6.45, 7) is 3.06.